The smallest absolute Gasteiger partial charge is 0.322 e. The van der Waals surface area contributed by atoms with E-state index >= 15 is 0 Å². The first-order valence-corrected chi connectivity index (χ1v) is 11.2. The average Bonchev–Trinajstić information content (AvgIpc) is 3.44. The molecule has 0 radical (unpaired) electrons. The maximum Gasteiger partial charge on any atom is 0.322 e. The van der Waals surface area contributed by atoms with Crippen LogP contribution in [0.3, 0.4) is 0 Å². The van der Waals surface area contributed by atoms with Crippen LogP contribution >= 0.6 is 0 Å². The summed E-state index contributed by atoms with van der Waals surface area (Å²) in [4.78, 5) is 12.9. The van der Waals surface area contributed by atoms with Crippen molar-refractivity contribution in [1.29, 1.82) is 0 Å². The van der Waals surface area contributed by atoms with Gasteiger partial charge in [-0.05, 0) is 56.2 Å². The minimum Gasteiger partial charge on any atom is -0.497 e. The van der Waals surface area contributed by atoms with Gasteiger partial charge in [0, 0.05) is 12.1 Å². The van der Waals surface area contributed by atoms with Crippen molar-refractivity contribution in [2.45, 2.75) is 30.7 Å². The van der Waals surface area contributed by atoms with Gasteiger partial charge in [0.05, 0.1) is 12.0 Å². The summed E-state index contributed by atoms with van der Waals surface area (Å²) in [6.45, 7) is 2.22. The third-order valence-electron chi connectivity index (χ3n) is 5.13. The van der Waals surface area contributed by atoms with E-state index in [0.29, 0.717) is 18.6 Å². The van der Waals surface area contributed by atoms with E-state index in [1.807, 2.05) is 31.2 Å². The van der Waals surface area contributed by atoms with Crippen molar-refractivity contribution >= 4 is 21.9 Å². The molecule has 10 heteroatoms. The molecule has 1 amide bonds. The molecule has 1 aromatic heterocycles. The normalized spacial score (nSPS) is 16.9. The number of anilines is 1. The number of nitrogens with zero attached hydrogens (tertiary/aromatic N) is 3. The van der Waals surface area contributed by atoms with Crippen molar-refractivity contribution in [2.75, 3.05) is 19.0 Å². The first-order chi connectivity index (χ1) is 14.9. The number of aromatic nitrogens is 2. The lowest BCUT2D eigenvalue weighted by molar-refractivity contribution is -0.119. The lowest BCUT2D eigenvalue weighted by Crippen LogP contribution is -2.43. The van der Waals surface area contributed by atoms with Crippen LogP contribution in [0.4, 0.5) is 6.01 Å². The molecule has 162 valence electrons. The van der Waals surface area contributed by atoms with Crippen LogP contribution in [0.1, 0.15) is 18.4 Å². The second-order valence-corrected chi connectivity index (χ2v) is 9.11. The van der Waals surface area contributed by atoms with Gasteiger partial charge in [0.2, 0.25) is 21.8 Å². The molecule has 31 heavy (non-hydrogen) atoms. The van der Waals surface area contributed by atoms with Crippen molar-refractivity contribution in [1.82, 2.24) is 14.5 Å². The number of aryl methyl sites for hydroxylation is 1. The van der Waals surface area contributed by atoms with Gasteiger partial charge in [-0.1, -0.05) is 22.8 Å². The number of carbonyl (C=O) groups is 1. The number of carbonyl (C=O) groups excluding carboxylic acids is 1. The van der Waals surface area contributed by atoms with Crippen molar-refractivity contribution in [2.24, 2.45) is 0 Å². The zero-order valence-electron chi connectivity index (χ0n) is 17.1. The number of rotatable bonds is 6. The molecule has 2 aromatic carbocycles. The number of ether oxygens (including phenoxy) is 1. The second-order valence-electron chi connectivity index (χ2n) is 7.22. The van der Waals surface area contributed by atoms with Gasteiger partial charge >= 0.3 is 6.01 Å². The summed E-state index contributed by atoms with van der Waals surface area (Å²) >= 11 is 0. The Kier molecular flexibility index (Phi) is 5.75. The predicted octanol–water partition coefficient (Wildman–Crippen LogP) is 2.85. The van der Waals surface area contributed by atoms with E-state index in [9.17, 15) is 13.2 Å². The fraction of sp³-hybridized carbons (Fsp3) is 0.286. The highest BCUT2D eigenvalue weighted by atomic mass is 32.2. The van der Waals surface area contributed by atoms with E-state index in [1.165, 1.54) is 23.5 Å². The molecular weight excluding hydrogens is 420 g/mol. The lowest BCUT2D eigenvalue weighted by Gasteiger charge is -2.22. The molecular formula is C21H22N4O5S. The van der Waals surface area contributed by atoms with E-state index in [1.54, 1.807) is 12.1 Å². The second kappa shape index (κ2) is 8.48. The number of nitrogens with one attached hydrogen (secondary N) is 1. The third kappa shape index (κ3) is 4.30. The highest BCUT2D eigenvalue weighted by molar-refractivity contribution is 7.89. The molecule has 0 spiro atoms. The Morgan fingerprint density at radius 2 is 1.84 bits per heavy atom. The first kappa shape index (κ1) is 21.0. The van der Waals surface area contributed by atoms with Crippen LogP contribution in [0.25, 0.3) is 11.5 Å². The Hall–Kier alpha value is -3.24. The van der Waals surface area contributed by atoms with Crippen molar-refractivity contribution in [3.63, 3.8) is 0 Å². The Labute approximate surface area is 180 Å². The molecule has 1 aliphatic rings. The summed E-state index contributed by atoms with van der Waals surface area (Å²) in [5.74, 6) is 0.313. The quantitative estimate of drug-likeness (QED) is 0.624. The van der Waals surface area contributed by atoms with Gasteiger partial charge in [0.15, 0.2) is 0 Å². The van der Waals surface area contributed by atoms with Crippen LogP contribution in [0, 0.1) is 6.92 Å². The van der Waals surface area contributed by atoms with E-state index in [0.717, 1.165) is 11.1 Å². The van der Waals surface area contributed by atoms with Crippen molar-refractivity contribution in [3.8, 4) is 17.2 Å². The maximum absolute atomic E-state index is 13.1. The standard InChI is InChI=1S/C21H22N4O5S/c1-14-5-7-15(8-6-14)20-23-24-21(30-20)22-19(26)18-4-3-13-25(18)31(27,28)17-11-9-16(29-2)10-12-17/h5-12,18H,3-4,13H2,1-2H3,(H,22,24,26). The van der Waals surface area contributed by atoms with Crippen LogP contribution in [0.15, 0.2) is 57.8 Å². The summed E-state index contributed by atoms with van der Waals surface area (Å²) in [6.07, 6.45) is 0.978. The highest BCUT2D eigenvalue weighted by Gasteiger charge is 2.40. The highest BCUT2D eigenvalue weighted by Crippen LogP contribution is 2.28. The molecule has 2 heterocycles. The lowest BCUT2D eigenvalue weighted by atomic mass is 10.1. The molecule has 0 saturated carbocycles. The fourth-order valence-electron chi connectivity index (χ4n) is 3.45. The van der Waals surface area contributed by atoms with Crippen LogP contribution < -0.4 is 10.1 Å². The summed E-state index contributed by atoms with van der Waals surface area (Å²) in [7, 11) is -2.34. The van der Waals surface area contributed by atoms with E-state index in [4.69, 9.17) is 9.15 Å². The number of amides is 1. The van der Waals surface area contributed by atoms with Crippen molar-refractivity contribution < 1.29 is 22.4 Å². The zero-order chi connectivity index (χ0) is 22.0. The monoisotopic (exact) mass is 442 g/mol. The molecule has 1 aliphatic heterocycles. The van der Waals surface area contributed by atoms with Crippen molar-refractivity contribution in [3.05, 3.63) is 54.1 Å². The Balaban J connectivity index is 1.49. The van der Waals surface area contributed by atoms with Crippen LogP contribution in [0.5, 0.6) is 5.75 Å². The van der Waals surface area contributed by atoms with Crippen LogP contribution in [-0.2, 0) is 14.8 Å². The van der Waals surface area contributed by atoms with E-state index in [-0.39, 0.29) is 23.3 Å². The summed E-state index contributed by atoms with van der Waals surface area (Å²) in [5.41, 5.74) is 1.82. The largest absolute Gasteiger partial charge is 0.497 e. The molecule has 9 nitrogen and oxygen atoms in total. The molecule has 0 bridgehead atoms. The zero-order valence-corrected chi connectivity index (χ0v) is 17.9. The van der Waals surface area contributed by atoms with Gasteiger partial charge in [-0.2, -0.15) is 4.31 Å². The van der Waals surface area contributed by atoms with Gasteiger partial charge in [0.25, 0.3) is 0 Å². The molecule has 1 unspecified atom stereocenters. The van der Waals surface area contributed by atoms with E-state index < -0.39 is 22.0 Å². The van der Waals surface area contributed by atoms with Gasteiger partial charge in [-0.15, -0.1) is 5.10 Å². The van der Waals surface area contributed by atoms with Crippen LogP contribution in [-0.4, -0.2) is 48.5 Å². The SMILES string of the molecule is COc1ccc(S(=O)(=O)N2CCCC2C(=O)Nc2nnc(-c3ccc(C)cc3)o2)cc1. The van der Waals surface area contributed by atoms with Gasteiger partial charge in [-0.25, -0.2) is 8.42 Å². The summed E-state index contributed by atoms with van der Waals surface area (Å²) in [5, 5.41) is 10.4. The molecule has 1 N–H and O–H groups in total. The molecule has 4 rings (SSSR count). The Morgan fingerprint density at radius 3 is 2.52 bits per heavy atom. The topological polar surface area (TPSA) is 115 Å². The number of methoxy groups -OCH3 is 1. The summed E-state index contributed by atoms with van der Waals surface area (Å²) in [6, 6.07) is 12.7. The van der Waals surface area contributed by atoms with Gasteiger partial charge < -0.3 is 9.15 Å². The number of sulfonamides is 1. The van der Waals surface area contributed by atoms with Gasteiger partial charge in [-0.3, -0.25) is 10.1 Å². The molecule has 3 aromatic rings. The third-order valence-corrected chi connectivity index (χ3v) is 7.05. The molecule has 1 atom stereocenters. The van der Waals surface area contributed by atoms with Crippen LogP contribution in [0.2, 0.25) is 0 Å². The summed E-state index contributed by atoms with van der Waals surface area (Å²) < 4.78 is 38.0. The minimum atomic E-state index is -3.84. The van der Waals surface area contributed by atoms with E-state index in [2.05, 4.69) is 15.5 Å². The number of benzene rings is 2. The molecule has 1 fully saturated rings. The number of hydrogen-bond acceptors (Lipinski definition) is 7. The maximum atomic E-state index is 13.1. The minimum absolute atomic E-state index is 0.0747. The Bertz CT molecular complexity index is 1170. The molecule has 0 aliphatic carbocycles. The predicted molar refractivity (Wildman–Crippen MR) is 113 cm³/mol. The molecule has 1 saturated heterocycles. The first-order valence-electron chi connectivity index (χ1n) is 9.76. The Morgan fingerprint density at radius 1 is 1.13 bits per heavy atom. The van der Waals surface area contributed by atoms with Gasteiger partial charge in [0.1, 0.15) is 11.8 Å². The average molecular weight is 442 g/mol. The fourth-order valence-corrected chi connectivity index (χ4v) is 5.10. The number of hydrogen-bond donors (Lipinski definition) is 1.